The Labute approximate surface area is 251 Å². The van der Waals surface area contributed by atoms with E-state index >= 15 is 0 Å². The molecular formula is C29H32Cl2N6OS2. The fourth-order valence-corrected chi connectivity index (χ4v) is 8.06. The maximum absolute atomic E-state index is 13.2. The number of imidazole rings is 1. The van der Waals surface area contributed by atoms with Crippen molar-refractivity contribution in [3.8, 4) is 0 Å². The monoisotopic (exact) mass is 614 g/mol. The number of anilines is 2. The van der Waals surface area contributed by atoms with Crippen LogP contribution >= 0.6 is 35.0 Å². The van der Waals surface area contributed by atoms with E-state index in [1.54, 1.807) is 6.07 Å². The van der Waals surface area contributed by atoms with Gasteiger partial charge >= 0.3 is 0 Å². The first-order valence-electron chi connectivity index (χ1n) is 13.3. The molecule has 1 spiro atoms. The average molecular weight is 616 g/mol. The summed E-state index contributed by atoms with van der Waals surface area (Å²) in [7, 11) is -1.16. The largest absolute Gasteiger partial charge is 0.382 e. The number of nitrogens with zero attached hydrogens (tertiary/aromatic N) is 3. The fourth-order valence-electron chi connectivity index (χ4n) is 5.79. The van der Waals surface area contributed by atoms with Gasteiger partial charge in [0.15, 0.2) is 11.0 Å². The summed E-state index contributed by atoms with van der Waals surface area (Å²) in [5.74, 6) is 1.22. The predicted octanol–water partition coefficient (Wildman–Crippen LogP) is 6.93. The number of rotatable bonds is 5. The highest BCUT2D eigenvalue weighted by Crippen LogP contribution is 2.52. The number of hydrogen-bond donors (Lipinski definition) is 3. The quantitative estimate of drug-likeness (QED) is 0.225. The van der Waals surface area contributed by atoms with E-state index in [1.165, 1.54) is 22.9 Å². The van der Waals surface area contributed by atoms with Crippen LogP contribution in [-0.4, -0.2) is 37.0 Å². The zero-order chi connectivity index (χ0) is 28.2. The van der Waals surface area contributed by atoms with Crippen molar-refractivity contribution >= 4 is 68.6 Å². The van der Waals surface area contributed by atoms with Gasteiger partial charge in [0.2, 0.25) is 0 Å². The van der Waals surface area contributed by atoms with E-state index in [1.807, 2.05) is 39.0 Å². The molecule has 1 unspecified atom stereocenters. The van der Waals surface area contributed by atoms with Gasteiger partial charge in [-0.25, -0.2) is 18.9 Å². The molecule has 6 rings (SSSR count). The van der Waals surface area contributed by atoms with Gasteiger partial charge in [0.25, 0.3) is 0 Å². The zero-order valence-electron chi connectivity index (χ0n) is 22.6. The first kappa shape index (κ1) is 27.8. The fraction of sp³-hybridized carbons (Fsp3) is 0.379. The molecule has 40 heavy (non-hydrogen) atoms. The molecule has 1 aliphatic carbocycles. The molecule has 0 bridgehead atoms. The van der Waals surface area contributed by atoms with Gasteiger partial charge in [-0.15, -0.1) is 0 Å². The molecule has 2 aromatic heterocycles. The van der Waals surface area contributed by atoms with Crippen LogP contribution in [0.15, 0.2) is 58.6 Å². The Morgan fingerprint density at radius 1 is 1.12 bits per heavy atom. The molecule has 3 heterocycles. The van der Waals surface area contributed by atoms with Crippen LogP contribution in [0.5, 0.6) is 0 Å². The molecule has 11 heteroatoms. The van der Waals surface area contributed by atoms with Crippen LogP contribution in [0.2, 0.25) is 10.0 Å². The number of halogens is 2. The number of fused-ring (bicyclic) bond motifs is 2. The number of nitrogens with two attached hydrogens (primary N) is 1. The first-order valence-corrected chi connectivity index (χ1v) is 16.1. The lowest BCUT2D eigenvalue weighted by Crippen LogP contribution is -2.48. The number of pyridine rings is 1. The summed E-state index contributed by atoms with van der Waals surface area (Å²) in [6.07, 6.45) is 2.90. The molecule has 4 aromatic rings. The molecule has 1 fully saturated rings. The van der Waals surface area contributed by atoms with Crippen molar-refractivity contribution in [2.75, 3.05) is 23.7 Å². The number of aromatic amines is 1. The van der Waals surface area contributed by atoms with Crippen LogP contribution in [0.25, 0.3) is 11.0 Å². The molecule has 2 atom stereocenters. The lowest BCUT2D eigenvalue weighted by atomic mass is 9.73. The van der Waals surface area contributed by atoms with Crippen molar-refractivity contribution in [1.82, 2.24) is 19.7 Å². The number of nitrogen functional groups attached to an aromatic ring is 1. The van der Waals surface area contributed by atoms with Crippen LogP contribution in [0.4, 0.5) is 11.6 Å². The molecule has 1 aliphatic heterocycles. The van der Waals surface area contributed by atoms with E-state index in [0.29, 0.717) is 26.5 Å². The van der Waals surface area contributed by atoms with Gasteiger partial charge in [0.05, 0.1) is 37.3 Å². The third kappa shape index (κ3) is 5.11. The lowest BCUT2D eigenvalue weighted by Gasteiger charge is -2.44. The van der Waals surface area contributed by atoms with Crippen molar-refractivity contribution < 1.29 is 4.21 Å². The molecule has 0 amide bonds. The highest BCUT2D eigenvalue weighted by atomic mass is 35.5. The van der Waals surface area contributed by atoms with Gasteiger partial charge in [-0.1, -0.05) is 65.3 Å². The Hall–Kier alpha value is -2.30. The molecule has 0 saturated carbocycles. The Balaban J connectivity index is 1.23. The van der Waals surface area contributed by atoms with Crippen LogP contribution in [-0.2, 0) is 17.4 Å². The summed E-state index contributed by atoms with van der Waals surface area (Å²) in [4.78, 5) is 15.9. The van der Waals surface area contributed by atoms with Crippen LogP contribution in [0, 0.1) is 5.41 Å². The Morgan fingerprint density at radius 2 is 1.88 bits per heavy atom. The SMILES string of the molecule is CC(C)(C)S(=O)N[C@@H]1c2ccccc2CC12CCN(c1cc3[nH]c(Sc4cccc(Cl)c4Cl)nc3c(N)n1)CC2. The summed E-state index contributed by atoms with van der Waals surface area (Å²) in [5, 5.41) is 1.67. The molecule has 0 radical (unpaired) electrons. The first-order chi connectivity index (χ1) is 19.0. The number of aromatic nitrogens is 3. The summed E-state index contributed by atoms with van der Waals surface area (Å²) < 4.78 is 16.4. The number of H-pyrrole nitrogens is 1. The van der Waals surface area contributed by atoms with E-state index in [0.717, 1.165) is 48.6 Å². The number of piperidine rings is 1. The average Bonchev–Trinajstić information content (AvgIpc) is 3.45. The molecule has 2 aliphatic rings. The molecule has 2 aromatic carbocycles. The second-order valence-electron chi connectivity index (χ2n) is 11.6. The molecule has 7 nitrogen and oxygen atoms in total. The minimum atomic E-state index is -1.16. The molecule has 1 saturated heterocycles. The van der Waals surface area contributed by atoms with E-state index in [9.17, 15) is 4.21 Å². The predicted molar refractivity (Wildman–Crippen MR) is 167 cm³/mol. The van der Waals surface area contributed by atoms with E-state index in [4.69, 9.17) is 33.9 Å². The zero-order valence-corrected chi connectivity index (χ0v) is 25.8. The van der Waals surface area contributed by atoms with Crippen molar-refractivity contribution in [3.63, 3.8) is 0 Å². The third-order valence-corrected chi connectivity index (χ3v) is 11.4. The van der Waals surface area contributed by atoms with Crippen molar-refractivity contribution in [1.29, 1.82) is 0 Å². The van der Waals surface area contributed by atoms with Crippen LogP contribution in [0.3, 0.4) is 0 Å². The normalized spacial score (nSPS) is 19.3. The summed E-state index contributed by atoms with van der Waals surface area (Å²) >= 11 is 14.0. The second-order valence-corrected chi connectivity index (χ2v) is 15.4. The van der Waals surface area contributed by atoms with Gasteiger partial charge < -0.3 is 15.6 Å². The summed E-state index contributed by atoms with van der Waals surface area (Å²) in [6.45, 7) is 7.71. The van der Waals surface area contributed by atoms with E-state index in [-0.39, 0.29) is 16.2 Å². The minimum absolute atomic E-state index is 0.00473. The number of nitrogens with one attached hydrogen (secondary N) is 2. The Kier molecular flexibility index (Phi) is 7.32. The lowest BCUT2D eigenvalue weighted by molar-refractivity contribution is 0.177. The number of benzene rings is 2. The Bertz CT molecular complexity index is 1610. The van der Waals surface area contributed by atoms with E-state index in [2.05, 4.69) is 43.9 Å². The van der Waals surface area contributed by atoms with Crippen molar-refractivity contribution in [3.05, 3.63) is 69.7 Å². The third-order valence-electron chi connectivity index (χ3n) is 7.97. The molecule has 210 valence electrons. The Morgan fingerprint density at radius 3 is 2.62 bits per heavy atom. The van der Waals surface area contributed by atoms with Crippen molar-refractivity contribution in [2.24, 2.45) is 5.41 Å². The number of hydrogen-bond acceptors (Lipinski definition) is 6. The maximum Gasteiger partial charge on any atom is 0.171 e. The summed E-state index contributed by atoms with van der Waals surface area (Å²) in [6, 6.07) is 16.2. The van der Waals surface area contributed by atoms with Crippen LogP contribution < -0.4 is 15.4 Å². The molecular weight excluding hydrogens is 583 g/mol. The van der Waals surface area contributed by atoms with Gasteiger partial charge in [0, 0.05) is 24.1 Å². The van der Waals surface area contributed by atoms with Gasteiger partial charge in [-0.05, 0) is 68.7 Å². The van der Waals surface area contributed by atoms with Gasteiger partial charge in [0.1, 0.15) is 11.3 Å². The van der Waals surface area contributed by atoms with Crippen molar-refractivity contribution in [2.45, 2.75) is 60.9 Å². The van der Waals surface area contributed by atoms with Gasteiger partial charge in [-0.3, -0.25) is 0 Å². The van der Waals surface area contributed by atoms with Crippen LogP contribution in [0.1, 0.15) is 50.8 Å². The second kappa shape index (κ2) is 10.5. The highest BCUT2D eigenvalue weighted by Gasteiger charge is 2.48. The smallest absolute Gasteiger partial charge is 0.171 e. The molecule has 4 N–H and O–H groups in total. The standard InChI is InChI=1S/C29H32Cl2N6OS2/c1-28(2,3)40(38)36-25-18-8-5-4-7-17(18)16-29(25)11-13-37(14-12-29)22-15-20-24(26(32)34-22)35-27(33-20)39-21-10-6-9-19(30)23(21)31/h4-10,15,25,36H,11-14,16H2,1-3H3,(H2,32,34)(H,33,35)/t25-,40?/m1/s1. The van der Waals surface area contributed by atoms with Gasteiger partial charge in [-0.2, -0.15) is 0 Å². The topological polar surface area (TPSA) is 99.9 Å². The minimum Gasteiger partial charge on any atom is -0.382 e. The van der Waals surface area contributed by atoms with E-state index < -0.39 is 11.0 Å². The summed E-state index contributed by atoms with van der Waals surface area (Å²) in [5.41, 5.74) is 10.5. The highest BCUT2D eigenvalue weighted by molar-refractivity contribution is 7.99. The maximum atomic E-state index is 13.2.